The van der Waals surface area contributed by atoms with E-state index in [9.17, 15) is 4.79 Å². The molecule has 9 nitrogen and oxygen atoms in total. The van der Waals surface area contributed by atoms with Crippen LogP contribution < -0.4 is 10.6 Å². The van der Waals surface area contributed by atoms with Gasteiger partial charge in [-0.2, -0.15) is 0 Å². The molecule has 2 fully saturated rings. The van der Waals surface area contributed by atoms with Crippen LogP contribution in [0.15, 0.2) is 23.6 Å². The van der Waals surface area contributed by atoms with Gasteiger partial charge in [0.2, 0.25) is 0 Å². The molecule has 2 aliphatic rings. The molecule has 0 saturated carbocycles. The van der Waals surface area contributed by atoms with Gasteiger partial charge in [0, 0.05) is 64.8 Å². The molecule has 0 aliphatic carbocycles. The summed E-state index contributed by atoms with van der Waals surface area (Å²) in [6.45, 7) is 6.76. The monoisotopic (exact) mass is 361 g/mol. The fourth-order valence-electron chi connectivity index (χ4n) is 3.36. The van der Waals surface area contributed by atoms with Gasteiger partial charge in [0.15, 0.2) is 5.96 Å². The Bertz CT molecular complexity index is 604. The number of amides is 1. The molecule has 9 heteroatoms. The Labute approximate surface area is 153 Å². The van der Waals surface area contributed by atoms with Crippen molar-refractivity contribution in [3.05, 3.63) is 24.3 Å². The number of carbonyl (C=O) groups is 1. The highest BCUT2D eigenvalue weighted by molar-refractivity contribution is 5.91. The summed E-state index contributed by atoms with van der Waals surface area (Å²) in [5.74, 6) is 0.665. The highest BCUT2D eigenvalue weighted by Crippen LogP contribution is 2.16. The predicted molar refractivity (Wildman–Crippen MR) is 98.1 cm³/mol. The molecule has 26 heavy (non-hydrogen) atoms. The van der Waals surface area contributed by atoms with Crippen LogP contribution >= 0.6 is 0 Å². The van der Waals surface area contributed by atoms with Crippen LogP contribution in [0.4, 0.5) is 0 Å². The molecule has 0 radical (unpaired) electrons. The number of guanidine groups is 1. The second-order valence-electron chi connectivity index (χ2n) is 6.36. The normalized spacial score (nSPS) is 21.7. The number of hydrogen-bond donors (Lipinski definition) is 2. The second kappa shape index (κ2) is 9.44. The molecule has 1 aromatic rings. The summed E-state index contributed by atoms with van der Waals surface area (Å²) in [7, 11) is 1.79. The highest BCUT2D eigenvalue weighted by Gasteiger charge is 2.30. The van der Waals surface area contributed by atoms with Crippen molar-refractivity contribution in [2.24, 2.45) is 4.99 Å². The van der Waals surface area contributed by atoms with E-state index < -0.39 is 0 Å². The number of hydrogen-bond acceptors (Lipinski definition) is 6. The number of aromatic nitrogens is 2. The summed E-state index contributed by atoms with van der Waals surface area (Å²) in [4.78, 5) is 29.0. The summed E-state index contributed by atoms with van der Waals surface area (Å²) in [6.07, 6.45) is 5.65. The molecule has 142 valence electrons. The molecule has 2 saturated heterocycles. The van der Waals surface area contributed by atoms with Gasteiger partial charge in [0.1, 0.15) is 5.69 Å². The molecule has 0 spiro atoms. The summed E-state index contributed by atoms with van der Waals surface area (Å²) in [5, 5.41) is 6.15. The first-order valence-electron chi connectivity index (χ1n) is 9.09. The Kier molecular flexibility index (Phi) is 6.73. The predicted octanol–water partition coefficient (Wildman–Crippen LogP) is -0.812. The van der Waals surface area contributed by atoms with Crippen LogP contribution in [0.2, 0.25) is 0 Å². The first-order chi connectivity index (χ1) is 12.8. The standard InChI is InChI=1S/C17H27N7O2/c1-18-17(22-6-5-21-16(25)15-12-19-3-4-20-15)24-7-2-14(13-24)23-8-10-26-11-9-23/h3-4,12,14H,2,5-11,13H2,1H3,(H,18,22)(H,21,25). The maximum absolute atomic E-state index is 11.9. The van der Waals surface area contributed by atoms with Crippen molar-refractivity contribution in [1.29, 1.82) is 0 Å². The van der Waals surface area contributed by atoms with Crippen molar-refractivity contribution in [2.75, 3.05) is 59.5 Å². The van der Waals surface area contributed by atoms with Gasteiger partial charge in [-0.05, 0) is 6.42 Å². The SMILES string of the molecule is CN=C(NCCNC(=O)c1cnccn1)N1CCC(N2CCOCC2)C1. The molecule has 0 aromatic carbocycles. The van der Waals surface area contributed by atoms with E-state index in [1.165, 1.54) is 12.4 Å². The molecular weight excluding hydrogens is 334 g/mol. The van der Waals surface area contributed by atoms with Crippen LogP contribution in [-0.4, -0.2) is 97.2 Å². The van der Waals surface area contributed by atoms with Crippen LogP contribution in [-0.2, 0) is 4.74 Å². The van der Waals surface area contributed by atoms with Crippen molar-refractivity contribution in [3.8, 4) is 0 Å². The van der Waals surface area contributed by atoms with Crippen LogP contribution in [0.25, 0.3) is 0 Å². The Balaban J connectivity index is 1.39. The van der Waals surface area contributed by atoms with Crippen molar-refractivity contribution in [2.45, 2.75) is 12.5 Å². The highest BCUT2D eigenvalue weighted by atomic mass is 16.5. The van der Waals surface area contributed by atoms with Crippen LogP contribution in [0.5, 0.6) is 0 Å². The van der Waals surface area contributed by atoms with Crippen molar-refractivity contribution in [1.82, 2.24) is 30.4 Å². The molecule has 3 heterocycles. The van der Waals surface area contributed by atoms with Gasteiger partial charge in [-0.15, -0.1) is 0 Å². The van der Waals surface area contributed by atoms with E-state index in [0.29, 0.717) is 24.8 Å². The minimum absolute atomic E-state index is 0.219. The third-order valence-corrected chi connectivity index (χ3v) is 4.73. The first kappa shape index (κ1) is 18.5. The number of nitrogens with zero attached hydrogens (tertiary/aromatic N) is 5. The third-order valence-electron chi connectivity index (χ3n) is 4.73. The number of nitrogens with one attached hydrogen (secondary N) is 2. The van der Waals surface area contributed by atoms with Gasteiger partial charge in [0.05, 0.1) is 19.4 Å². The molecule has 2 N–H and O–H groups in total. The summed E-state index contributed by atoms with van der Waals surface area (Å²) < 4.78 is 5.44. The van der Waals surface area contributed by atoms with E-state index in [-0.39, 0.29) is 5.91 Å². The number of carbonyl (C=O) groups excluding carboxylic acids is 1. The van der Waals surface area contributed by atoms with Crippen molar-refractivity contribution in [3.63, 3.8) is 0 Å². The largest absolute Gasteiger partial charge is 0.379 e. The van der Waals surface area contributed by atoms with E-state index in [1.807, 2.05) is 0 Å². The van der Waals surface area contributed by atoms with E-state index in [1.54, 1.807) is 13.2 Å². The topological polar surface area (TPSA) is 95.0 Å². The lowest BCUT2D eigenvalue weighted by atomic mass is 10.2. The minimum atomic E-state index is -0.219. The zero-order valence-electron chi connectivity index (χ0n) is 15.2. The lowest BCUT2D eigenvalue weighted by Crippen LogP contribution is -2.47. The number of aliphatic imine (C=N–C) groups is 1. The fourth-order valence-corrected chi connectivity index (χ4v) is 3.36. The van der Waals surface area contributed by atoms with Crippen molar-refractivity contribution < 1.29 is 9.53 Å². The number of ether oxygens (including phenoxy) is 1. The van der Waals surface area contributed by atoms with E-state index >= 15 is 0 Å². The smallest absolute Gasteiger partial charge is 0.271 e. The zero-order valence-corrected chi connectivity index (χ0v) is 15.2. The van der Waals surface area contributed by atoms with Crippen LogP contribution in [0.1, 0.15) is 16.9 Å². The molecule has 1 amide bonds. The Hall–Kier alpha value is -2.26. The molecule has 3 rings (SSSR count). The third kappa shape index (κ3) is 4.89. The van der Waals surface area contributed by atoms with E-state index in [4.69, 9.17) is 4.74 Å². The van der Waals surface area contributed by atoms with Crippen LogP contribution in [0.3, 0.4) is 0 Å². The maximum atomic E-state index is 11.9. The maximum Gasteiger partial charge on any atom is 0.271 e. The zero-order chi connectivity index (χ0) is 18.2. The quantitative estimate of drug-likeness (QED) is 0.402. The van der Waals surface area contributed by atoms with Gasteiger partial charge in [-0.3, -0.25) is 19.7 Å². The lowest BCUT2D eigenvalue weighted by molar-refractivity contribution is 0.0195. The van der Waals surface area contributed by atoms with E-state index in [0.717, 1.165) is 51.8 Å². The number of rotatable bonds is 5. The van der Waals surface area contributed by atoms with Gasteiger partial charge in [-0.25, -0.2) is 4.98 Å². The van der Waals surface area contributed by atoms with Gasteiger partial charge >= 0.3 is 0 Å². The molecular formula is C17H27N7O2. The Morgan fingerprint density at radius 2 is 2.08 bits per heavy atom. The minimum Gasteiger partial charge on any atom is -0.379 e. The van der Waals surface area contributed by atoms with Crippen LogP contribution in [0, 0.1) is 0 Å². The summed E-state index contributed by atoms with van der Waals surface area (Å²) in [6, 6.07) is 0.564. The second-order valence-corrected chi connectivity index (χ2v) is 6.36. The van der Waals surface area contributed by atoms with Gasteiger partial charge in [-0.1, -0.05) is 0 Å². The molecule has 1 atom stereocenters. The summed E-state index contributed by atoms with van der Waals surface area (Å²) in [5.41, 5.74) is 0.324. The lowest BCUT2D eigenvalue weighted by Gasteiger charge is -2.32. The number of morpholine rings is 1. The molecule has 1 aromatic heterocycles. The van der Waals surface area contributed by atoms with E-state index in [2.05, 4.69) is 35.4 Å². The Morgan fingerprint density at radius 1 is 1.27 bits per heavy atom. The Morgan fingerprint density at radius 3 is 2.81 bits per heavy atom. The number of likely N-dealkylation sites (tertiary alicyclic amines) is 1. The molecule has 1 unspecified atom stereocenters. The summed E-state index contributed by atoms with van der Waals surface area (Å²) >= 11 is 0. The molecule has 0 bridgehead atoms. The average molecular weight is 361 g/mol. The molecule has 2 aliphatic heterocycles. The fraction of sp³-hybridized carbons (Fsp3) is 0.647. The van der Waals surface area contributed by atoms with Crippen molar-refractivity contribution >= 4 is 11.9 Å². The van der Waals surface area contributed by atoms with Gasteiger partial charge in [0.25, 0.3) is 5.91 Å². The average Bonchev–Trinajstić information content (AvgIpc) is 3.19. The van der Waals surface area contributed by atoms with Gasteiger partial charge < -0.3 is 20.3 Å². The first-order valence-corrected chi connectivity index (χ1v) is 9.09.